The van der Waals surface area contributed by atoms with Crippen LogP contribution in [0.1, 0.15) is 25.5 Å². The van der Waals surface area contributed by atoms with Gasteiger partial charge < -0.3 is 10.1 Å². The van der Waals surface area contributed by atoms with E-state index in [1.54, 1.807) is 18.3 Å². The molecule has 19 heavy (non-hydrogen) atoms. The molecule has 0 amide bonds. The monoisotopic (exact) mass is 260 g/mol. The van der Waals surface area contributed by atoms with Crippen molar-refractivity contribution in [1.82, 2.24) is 4.98 Å². The normalized spacial score (nSPS) is 11.9. The van der Waals surface area contributed by atoms with Crippen molar-refractivity contribution in [2.24, 2.45) is 0 Å². The van der Waals surface area contributed by atoms with Crippen LogP contribution in [0, 0.1) is 5.82 Å². The number of pyridine rings is 1. The van der Waals surface area contributed by atoms with E-state index in [9.17, 15) is 4.39 Å². The molecule has 0 spiro atoms. The molecule has 1 atom stereocenters. The zero-order valence-corrected chi connectivity index (χ0v) is 11.1. The summed E-state index contributed by atoms with van der Waals surface area (Å²) in [4.78, 5) is 4.18. The Bertz CT molecular complexity index is 511. The molecule has 0 bridgehead atoms. The molecule has 100 valence electrons. The molecule has 1 unspecified atom stereocenters. The lowest BCUT2D eigenvalue weighted by molar-refractivity contribution is 0.327. The van der Waals surface area contributed by atoms with Gasteiger partial charge in [-0.3, -0.25) is 0 Å². The second-order valence-corrected chi connectivity index (χ2v) is 4.24. The first kappa shape index (κ1) is 13.3. The first-order valence-corrected chi connectivity index (χ1v) is 6.30. The van der Waals surface area contributed by atoms with Gasteiger partial charge in [0.15, 0.2) is 0 Å². The zero-order valence-electron chi connectivity index (χ0n) is 11.1. The molecule has 0 aliphatic carbocycles. The third-order valence-electron chi connectivity index (χ3n) is 2.78. The van der Waals surface area contributed by atoms with Crippen LogP contribution < -0.4 is 10.1 Å². The maximum absolute atomic E-state index is 12.8. The van der Waals surface area contributed by atoms with Crippen LogP contribution in [0.2, 0.25) is 0 Å². The highest BCUT2D eigenvalue weighted by Gasteiger charge is 2.05. The molecule has 1 heterocycles. The van der Waals surface area contributed by atoms with Crippen molar-refractivity contribution < 1.29 is 9.13 Å². The minimum absolute atomic E-state index is 0.0837. The molecule has 2 aromatic rings. The van der Waals surface area contributed by atoms with Crippen LogP contribution >= 0.6 is 0 Å². The Morgan fingerprint density at radius 2 is 1.95 bits per heavy atom. The third-order valence-corrected chi connectivity index (χ3v) is 2.78. The minimum Gasteiger partial charge on any atom is -0.478 e. The number of nitrogens with zero attached hydrogens (tertiary/aromatic N) is 1. The van der Waals surface area contributed by atoms with Gasteiger partial charge in [0.1, 0.15) is 5.82 Å². The molecule has 0 saturated heterocycles. The Morgan fingerprint density at radius 1 is 1.21 bits per heavy atom. The number of hydrogen-bond acceptors (Lipinski definition) is 3. The van der Waals surface area contributed by atoms with Gasteiger partial charge in [0, 0.05) is 12.1 Å². The second kappa shape index (κ2) is 6.18. The number of rotatable bonds is 5. The van der Waals surface area contributed by atoms with E-state index in [0.717, 1.165) is 11.3 Å². The van der Waals surface area contributed by atoms with Gasteiger partial charge in [-0.05, 0) is 37.6 Å². The highest BCUT2D eigenvalue weighted by Crippen LogP contribution is 2.20. The summed E-state index contributed by atoms with van der Waals surface area (Å²) >= 11 is 0. The SMILES string of the molecule is CCOc1ccc(NC(C)c2ccc(F)cc2)cn1. The molecule has 0 aliphatic rings. The van der Waals surface area contributed by atoms with E-state index in [-0.39, 0.29) is 11.9 Å². The van der Waals surface area contributed by atoms with Crippen LogP contribution in [0.15, 0.2) is 42.6 Å². The van der Waals surface area contributed by atoms with Crippen LogP contribution in [-0.2, 0) is 0 Å². The van der Waals surface area contributed by atoms with Gasteiger partial charge in [0.2, 0.25) is 5.88 Å². The van der Waals surface area contributed by atoms with Crippen molar-refractivity contribution >= 4 is 5.69 Å². The van der Waals surface area contributed by atoms with E-state index < -0.39 is 0 Å². The standard InChI is InChI=1S/C15H17FN2O/c1-3-19-15-9-8-14(10-17-15)18-11(2)12-4-6-13(16)7-5-12/h4-11,18H,3H2,1-2H3. The number of halogens is 1. The zero-order chi connectivity index (χ0) is 13.7. The van der Waals surface area contributed by atoms with Gasteiger partial charge >= 0.3 is 0 Å². The predicted octanol–water partition coefficient (Wildman–Crippen LogP) is 3.79. The fourth-order valence-electron chi connectivity index (χ4n) is 1.78. The van der Waals surface area contributed by atoms with Crippen LogP contribution in [0.3, 0.4) is 0 Å². The van der Waals surface area contributed by atoms with Crippen molar-refractivity contribution in [2.75, 3.05) is 11.9 Å². The first-order valence-electron chi connectivity index (χ1n) is 6.30. The van der Waals surface area contributed by atoms with Crippen molar-refractivity contribution in [3.8, 4) is 5.88 Å². The third kappa shape index (κ3) is 3.68. The molecule has 0 fully saturated rings. The summed E-state index contributed by atoms with van der Waals surface area (Å²) in [5.74, 6) is 0.390. The van der Waals surface area contributed by atoms with Crippen molar-refractivity contribution in [2.45, 2.75) is 19.9 Å². The summed E-state index contributed by atoms with van der Waals surface area (Å²) in [5, 5.41) is 3.31. The van der Waals surface area contributed by atoms with Gasteiger partial charge in [-0.2, -0.15) is 0 Å². The molecule has 0 aliphatic heterocycles. The van der Waals surface area contributed by atoms with Gasteiger partial charge in [-0.15, -0.1) is 0 Å². The van der Waals surface area contributed by atoms with Gasteiger partial charge in [0.25, 0.3) is 0 Å². The Labute approximate surface area is 112 Å². The number of hydrogen-bond donors (Lipinski definition) is 1. The van der Waals surface area contributed by atoms with E-state index in [0.29, 0.717) is 12.5 Å². The number of benzene rings is 1. The number of aromatic nitrogens is 1. The quantitative estimate of drug-likeness (QED) is 0.888. The summed E-state index contributed by atoms with van der Waals surface area (Å²) in [6.45, 7) is 4.54. The molecule has 2 rings (SSSR count). The number of anilines is 1. The van der Waals surface area contributed by atoms with E-state index in [1.807, 2.05) is 26.0 Å². The molecule has 1 aromatic carbocycles. The van der Waals surface area contributed by atoms with Gasteiger partial charge in [-0.25, -0.2) is 9.37 Å². The van der Waals surface area contributed by atoms with Crippen LogP contribution in [0.5, 0.6) is 5.88 Å². The largest absolute Gasteiger partial charge is 0.478 e. The minimum atomic E-state index is -0.223. The maximum Gasteiger partial charge on any atom is 0.213 e. The van der Waals surface area contributed by atoms with Crippen molar-refractivity contribution in [3.05, 3.63) is 54.0 Å². The van der Waals surface area contributed by atoms with Crippen molar-refractivity contribution in [3.63, 3.8) is 0 Å². The lowest BCUT2D eigenvalue weighted by Crippen LogP contribution is -2.07. The summed E-state index contributed by atoms with van der Waals surface area (Å²) in [5.41, 5.74) is 1.93. The van der Waals surface area contributed by atoms with Gasteiger partial charge in [0.05, 0.1) is 18.5 Å². The molecule has 1 aromatic heterocycles. The van der Waals surface area contributed by atoms with Crippen LogP contribution in [0.4, 0.5) is 10.1 Å². The average molecular weight is 260 g/mol. The fourth-order valence-corrected chi connectivity index (χ4v) is 1.78. The molecule has 3 nitrogen and oxygen atoms in total. The average Bonchev–Trinajstić information content (AvgIpc) is 2.42. The Hall–Kier alpha value is -2.10. The summed E-state index contributed by atoms with van der Waals surface area (Å²) in [6.07, 6.45) is 1.73. The summed E-state index contributed by atoms with van der Waals surface area (Å²) in [6, 6.07) is 10.3. The smallest absolute Gasteiger partial charge is 0.213 e. The maximum atomic E-state index is 12.8. The van der Waals surface area contributed by atoms with Crippen molar-refractivity contribution in [1.29, 1.82) is 0 Å². The fraction of sp³-hybridized carbons (Fsp3) is 0.267. The van der Waals surface area contributed by atoms with Crippen LogP contribution in [-0.4, -0.2) is 11.6 Å². The lowest BCUT2D eigenvalue weighted by atomic mass is 10.1. The molecule has 4 heteroatoms. The summed E-state index contributed by atoms with van der Waals surface area (Å²) in [7, 11) is 0. The Balaban J connectivity index is 2.01. The lowest BCUT2D eigenvalue weighted by Gasteiger charge is -2.15. The van der Waals surface area contributed by atoms with E-state index >= 15 is 0 Å². The van der Waals surface area contributed by atoms with Gasteiger partial charge in [-0.1, -0.05) is 12.1 Å². The molecular formula is C15H17FN2O. The molecule has 0 saturated carbocycles. The highest BCUT2D eigenvalue weighted by atomic mass is 19.1. The summed E-state index contributed by atoms with van der Waals surface area (Å²) < 4.78 is 18.1. The first-order chi connectivity index (χ1) is 9.19. The number of nitrogens with one attached hydrogen (secondary N) is 1. The molecule has 1 N–H and O–H groups in total. The van der Waals surface area contributed by atoms with Crippen LogP contribution in [0.25, 0.3) is 0 Å². The topological polar surface area (TPSA) is 34.1 Å². The highest BCUT2D eigenvalue weighted by molar-refractivity contribution is 5.44. The van der Waals surface area contributed by atoms with E-state index in [4.69, 9.17) is 4.74 Å². The Morgan fingerprint density at radius 3 is 2.53 bits per heavy atom. The molecule has 0 radical (unpaired) electrons. The van der Waals surface area contributed by atoms with E-state index in [2.05, 4.69) is 10.3 Å². The molecular weight excluding hydrogens is 243 g/mol. The number of ether oxygens (including phenoxy) is 1. The Kier molecular flexibility index (Phi) is 4.34. The van der Waals surface area contributed by atoms with E-state index in [1.165, 1.54) is 12.1 Å². The second-order valence-electron chi connectivity index (χ2n) is 4.24. The predicted molar refractivity (Wildman–Crippen MR) is 73.8 cm³/mol.